The molecule has 0 N–H and O–H groups in total. The highest BCUT2D eigenvalue weighted by atomic mass is 16.2. The molecule has 1 rings (SSSR count). The van der Waals surface area contributed by atoms with E-state index in [9.17, 15) is 4.79 Å². The van der Waals surface area contributed by atoms with E-state index >= 15 is 0 Å². The van der Waals surface area contributed by atoms with Crippen molar-refractivity contribution in [2.75, 3.05) is 11.9 Å². The quantitative estimate of drug-likeness (QED) is 0.689. The fourth-order valence-electron chi connectivity index (χ4n) is 1.46. The Kier molecular flexibility index (Phi) is 4.10. The second-order valence-electron chi connectivity index (χ2n) is 3.66. The Labute approximate surface area is 91.2 Å². The van der Waals surface area contributed by atoms with Crippen LogP contribution in [0.15, 0.2) is 43.0 Å². The van der Waals surface area contributed by atoms with Crippen LogP contribution in [0.3, 0.4) is 0 Å². The predicted octanol–water partition coefficient (Wildman–Crippen LogP) is 2.86. The molecule has 1 atom stereocenters. The fraction of sp³-hybridized carbons (Fsp3) is 0.308. The van der Waals surface area contributed by atoms with E-state index in [0.717, 1.165) is 12.1 Å². The van der Waals surface area contributed by atoms with E-state index in [2.05, 4.69) is 6.58 Å². The highest BCUT2D eigenvalue weighted by molar-refractivity contribution is 5.94. The van der Waals surface area contributed by atoms with Gasteiger partial charge in [-0.05, 0) is 18.6 Å². The molecule has 0 aliphatic carbocycles. The van der Waals surface area contributed by atoms with Crippen LogP contribution in [0.5, 0.6) is 0 Å². The Morgan fingerprint density at radius 2 is 2.07 bits per heavy atom. The molecule has 1 aromatic carbocycles. The van der Waals surface area contributed by atoms with Crippen LogP contribution in [0.4, 0.5) is 5.69 Å². The number of benzene rings is 1. The second-order valence-corrected chi connectivity index (χ2v) is 3.66. The molecule has 1 aromatic rings. The van der Waals surface area contributed by atoms with Gasteiger partial charge in [0.1, 0.15) is 0 Å². The van der Waals surface area contributed by atoms with Crippen LogP contribution in [0.25, 0.3) is 0 Å². The van der Waals surface area contributed by atoms with Crippen molar-refractivity contribution in [3.8, 4) is 0 Å². The lowest BCUT2D eigenvalue weighted by Gasteiger charge is -2.20. The third kappa shape index (κ3) is 2.94. The second kappa shape index (κ2) is 5.35. The van der Waals surface area contributed by atoms with Gasteiger partial charge in [0.15, 0.2) is 0 Å². The van der Waals surface area contributed by atoms with Crippen molar-refractivity contribution in [1.82, 2.24) is 0 Å². The first-order valence-electron chi connectivity index (χ1n) is 5.10. The lowest BCUT2D eigenvalue weighted by atomic mass is 10.1. The minimum absolute atomic E-state index is 0.00675. The topological polar surface area (TPSA) is 20.3 Å². The van der Waals surface area contributed by atoms with Crippen molar-refractivity contribution in [3.05, 3.63) is 43.0 Å². The number of rotatable bonds is 4. The Hall–Kier alpha value is -1.57. The Morgan fingerprint density at radius 1 is 1.47 bits per heavy atom. The van der Waals surface area contributed by atoms with Crippen LogP contribution in [-0.4, -0.2) is 13.0 Å². The molecule has 2 nitrogen and oxygen atoms in total. The molecule has 0 heterocycles. The summed E-state index contributed by atoms with van der Waals surface area (Å²) in [4.78, 5) is 13.6. The molecule has 2 heteroatoms. The molecule has 0 bridgehead atoms. The van der Waals surface area contributed by atoms with Crippen molar-refractivity contribution in [3.63, 3.8) is 0 Å². The molecule has 15 heavy (non-hydrogen) atoms. The van der Waals surface area contributed by atoms with Crippen molar-refractivity contribution in [2.24, 2.45) is 5.92 Å². The third-order valence-electron chi connectivity index (χ3n) is 2.42. The van der Waals surface area contributed by atoms with E-state index in [-0.39, 0.29) is 11.8 Å². The monoisotopic (exact) mass is 203 g/mol. The number of hydrogen-bond donors (Lipinski definition) is 0. The minimum Gasteiger partial charge on any atom is -0.315 e. The maximum Gasteiger partial charge on any atom is 0.229 e. The molecule has 0 fully saturated rings. The fourth-order valence-corrected chi connectivity index (χ4v) is 1.46. The van der Waals surface area contributed by atoms with Crippen molar-refractivity contribution in [1.29, 1.82) is 0 Å². The predicted molar refractivity (Wildman–Crippen MR) is 63.8 cm³/mol. The number of carbonyl (C=O) groups excluding carboxylic acids is 1. The summed E-state index contributed by atoms with van der Waals surface area (Å²) in [6.45, 7) is 5.56. The van der Waals surface area contributed by atoms with E-state index in [4.69, 9.17) is 0 Å². The number of carbonyl (C=O) groups is 1. The molecule has 0 radical (unpaired) electrons. The number of allylic oxidation sites excluding steroid dienone is 1. The van der Waals surface area contributed by atoms with E-state index in [1.54, 1.807) is 18.0 Å². The summed E-state index contributed by atoms with van der Waals surface area (Å²) in [5.74, 6) is 0.119. The maximum absolute atomic E-state index is 11.9. The normalized spacial score (nSPS) is 11.9. The Morgan fingerprint density at radius 3 is 2.60 bits per heavy atom. The molecule has 0 spiro atoms. The lowest BCUT2D eigenvalue weighted by molar-refractivity contribution is -0.121. The van der Waals surface area contributed by atoms with Crippen LogP contribution in [0.2, 0.25) is 0 Å². The SMILES string of the molecule is C=CCC(C)C(=O)N(C)c1ccccc1. The van der Waals surface area contributed by atoms with Gasteiger partial charge in [-0.3, -0.25) is 4.79 Å². The number of anilines is 1. The average Bonchev–Trinajstić information content (AvgIpc) is 2.28. The largest absolute Gasteiger partial charge is 0.315 e. The van der Waals surface area contributed by atoms with E-state index in [1.807, 2.05) is 37.3 Å². The molecule has 80 valence electrons. The first-order valence-corrected chi connectivity index (χ1v) is 5.10. The molecule has 0 aliphatic rings. The van der Waals surface area contributed by atoms with Gasteiger partial charge in [0, 0.05) is 18.7 Å². The molecule has 1 amide bonds. The highest BCUT2D eigenvalue weighted by Crippen LogP contribution is 2.15. The zero-order chi connectivity index (χ0) is 11.3. The summed E-state index contributed by atoms with van der Waals surface area (Å²) in [7, 11) is 1.80. The molecule has 1 unspecified atom stereocenters. The lowest BCUT2D eigenvalue weighted by Crippen LogP contribution is -2.31. The van der Waals surface area contributed by atoms with Crippen molar-refractivity contribution in [2.45, 2.75) is 13.3 Å². The summed E-state index contributed by atoms with van der Waals surface area (Å²) < 4.78 is 0. The summed E-state index contributed by atoms with van der Waals surface area (Å²) in [5, 5.41) is 0. The molecule has 0 saturated carbocycles. The van der Waals surface area contributed by atoms with E-state index in [1.165, 1.54) is 0 Å². The van der Waals surface area contributed by atoms with Crippen LogP contribution >= 0.6 is 0 Å². The van der Waals surface area contributed by atoms with Crippen molar-refractivity contribution >= 4 is 11.6 Å². The third-order valence-corrected chi connectivity index (χ3v) is 2.42. The molecule has 0 saturated heterocycles. The van der Waals surface area contributed by atoms with Gasteiger partial charge in [-0.15, -0.1) is 6.58 Å². The van der Waals surface area contributed by atoms with Gasteiger partial charge in [-0.1, -0.05) is 31.2 Å². The zero-order valence-corrected chi connectivity index (χ0v) is 9.31. The van der Waals surface area contributed by atoms with Crippen molar-refractivity contribution < 1.29 is 4.79 Å². The average molecular weight is 203 g/mol. The summed E-state index contributed by atoms with van der Waals surface area (Å²) in [6, 6.07) is 9.65. The van der Waals surface area contributed by atoms with Crippen LogP contribution < -0.4 is 4.90 Å². The van der Waals surface area contributed by atoms with Gasteiger partial charge < -0.3 is 4.90 Å². The maximum atomic E-state index is 11.9. The van der Waals surface area contributed by atoms with Crippen LogP contribution in [-0.2, 0) is 4.79 Å². The Bertz CT molecular complexity index is 332. The molecular weight excluding hydrogens is 186 g/mol. The van der Waals surface area contributed by atoms with Gasteiger partial charge in [0.05, 0.1) is 0 Å². The van der Waals surface area contributed by atoms with E-state index < -0.39 is 0 Å². The van der Waals surface area contributed by atoms with E-state index in [0.29, 0.717) is 0 Å². The Balaban J connectivity index is 2.72. The number of para-hydroxylation sites is 1. The van der Waals surface area contributed by atoms with Gasteiger partial charge in [-0.25, -0.2) is 0 Å². The van der Waals surface area contributed by atoms with Gasteiger partial charge in [0.25, 0.3) is 0 Å². The van der Waals surface area contributed by atoms with Gasteiger partial charge in [0.2, 0.25) is 5.91 Å². The molecule has 0 aromatic heterocycles. The van der Waals surface area contributed by atoms with Crippen LogP contribution in [0, 0.1) is 5.92 Å². The number of amides is 1. The molecular formula is C13H17NO. The first kappa shape index (κ1) is 11.5. The first-order chi connectivity index (χ1) is 7.16. The standard InChI is InChI=1S/C13H17NO/c1-4-8-11(2)13(15)14(3)12-9-6-5-7-10-12/h4-7,9-11H,1,8H2,2-3H3. The summed E-state index contributed by atoms with van der Waals surface area (Å²) >= 11 is 0. The number of nitrogens with zero attached hydrogens (tertiary/aromatic N) is 1. The zero-order valence-electron chi connectivity index (χ0n) is 9.31. The smallest absolute Gasteiger partial charge is 0.229 e. The molecule has 0 aliphatic heterocycles. The summed E-state index contributed by atoms with van der Waals surface area (Å²) in [5.41, 5.74) is 0.929. The van der Waals surface area contributed by atoms with Crippen LogP contribution in [0.1, 0.15) is 13.3 Å². The summed E-state index contributed by atoms with van der Waals surface area (Å²) in [6.07, 6.45) is 2.50. The van der Waals surface area contributed by atoms with Gasteiger partial charge in [-0.2, -0.15) is 0 Å². The number of hydrogen-bond acceptors (Lipinski definition) is 1. The highest BCUT2D eigenvalue weighted by Gasteiger charge is 2.16. The minimum atomic E-state index is -0.00675. The van der Waals surface area contributed by atoms with Gasteiger partial charge >= 0.3 is 0 Å².